The van der Waals surface area contributed by atoms with Gasteiger partial charge < -0.3 is 62.1 Å². The number of ether oxygens (including phenoxy) is 3. The fourth-order valence-electron chi connectivity index (χ4n) is 4.78. The van der Waals surface area contributed by atoms with Crippen LogP contribution in [0.5, 0.6) is 0 Å². The van der Waals surface area contributed by atoms with Crippen LogP contribution in [0.2, 0.25) is 0 Å². The standard InChI is InChI=1S/C23H47N5O7/c1-5-27-10-8-7-9-13(24)21(31)34-18-14(25)11-15(28-6-2)19(16(18)29)35-22-17(30)20(26-4)23(3,32)12-33-22/h9,14-22,26-32H,5-8,10-12,24-25H2,1-4H3/b13-9+/t14?,15?,16-,17?,18?,19?,20?,21-,22+,23-/m0/s1. The number of nitrogens with one attached hydrogen (secondary N) is 3. The lowest BCUT2D eigenvalue weighted by molar-refractivity contribution is -0.302. The number of aliphatic hydroxyl groups excluding tert-OH is 3. The normalized spacial score (nSPS) is 39.5. The lowest BCUT2D eigenvalue weighted by atomic mass is 9.83. The van der Waals surface area contributed by atoms with Crippen molar-refractivity contribution in [3.05, 3.63) is 11.8 Å². The van der Waals surface area contributed by atoms with Gasteiger partial charge in [0.2, 0.25) is 0 Å². The second-order valence-corrected chi connectivity index (χ2v) is 9.60. The van der Waals surface area contributed by atoms with Gasteiger partial charge in [-0.25, -0.2) is 0 Å². The summed E-state index contributed by atoms with van der Waals surface area (Å²) >= 11 is 0. The molecule has 0 aromatic heterocycles. The second-order valence-electron chi connectivity index (χ2n) is 9.60. The summed E-state index contributed by atoms with van der Waals surface area (Å²) in [5.74, 6) is 0. The number of unbranched alkanes of at least 4 members (excludes halogenated alkanes) is 1. The van der Waals surface area contributed by atoms with Crippen LogP contribution in [-0.2, 0) is 14.2 Å². The van der Waals surface area contributed by atoms with Crippen molar-refractivity contribution >= 4 is 0 Å². The van der Waals surface area contributed by atoms with E-state index < -0.39 is 54.7 Å². The van der Waals surface area contributed by atoms with Gasteiger partial charge in [-0.15, -0.1) is 0 Å². The molecule has 12 heteroatoms. The van der Waals surface area contributed by atoms with Crippen molar-refractivity contribution in [2.45, 2.75) is 101 Å². The van der Waals surface area contributed by atoms with E-state index in [1.807, 2.05) is 13.8 Å². The van der Waals surface area contributed by atoms with Gasteiger partial charge in [0.15, 0.2) is 12.6 Å². The molecule has 2 fully saturated rings. The minimum absolute atomic E-state index is 0.0673. The molecule has 1 heterocycles. The van der Waals surface area contributed by atoms with Gasteiger partial charge in [-0.3, -0.25) is 0 Å². The Hall–Kier alpha value is -0.900. The third-order valence-electron chi connectivity index (χ3n) is 6.68. The fourth-order valence-corrected chi connectivity index (χ4v) is 4.78. The first-order chi connectivity index (χ1) is 16.6. The van der Waals surface area contributed by atoms with Crippen LogP contribution in [0, 0.1) is 0 Å². The number of aliphatic hydroxyl groups is 4. The van der Waals surface area contributed by atoms with E-state index >= 15 is 0 Å². The summed E-state index contributed by atoms with van der Waals surface area (Å²) in [5, 5.41) is 52.3. The zero-order valence-corrected chi connectivity index (χ0v) is 21.4. The van der Waals surface area contributed by atoms with Gasteiger partial charge >= 0.3 is 0 Å². The van der Waals surface area contributed by atoms with Gasteiger partial charge in [0, 0.05) is 12.1 Å². The Balaban J connectivity index is 2.09. The van der Waals surface area contributed by atoms with Gasteiger partial charge in [0.05, 0.1) is 18.3 Å². The number of hydrogen-bond donors (Lipinski definition) is 9. The Morgan fingerprint density at radius 1 is 1.23 bits per heavy atom. The van der Waals surface area contributed by atoms with Crippen LogP contribution in [0.1, 0.15) is 40.0 Å². The smallest absolute Gasteiger partial charge is 0.196 e. The highest BCUT2D eigenvalue weighted by molar-refractivity contribution is 5.05. The van der Waals surface area contributed by atoms with Crippen LogP contribution in [0.3, 0.4) is 0 Å². The summed E-state index contributed by atoms with van der Waals surface area (Å²) in [6.45, 7) is 7.77. The fraction of sp³-hybridized carbons (Fsp3) is 0.913. The molecule has 12 nitrogen and oxygen atoms in total. The average molecular weight is 506 g/mol. The number of nitrogens with two attached hydrogens (primary N) is 2. The Kier molecular flexibility index (Phi) is 12.3. The first-order valence-corrected chi connectivity index (χ1v) is 12.6. The lowest BCUT2D eigenvalue weighted by Gasteiger charge is -2.48. The number of hydrogen-bond acceptors (Lipinski definition) is 12. The first-order valence-electron chi connectivity index (χ1n) is 12.6. The van der Waals surface area contributed by atoms with Crippen LogP contribution in [0.25, 0.3) is 0 Å². The van der Waals surface area contributed by atoms with Crippen LogP contribution < -0.4 is 27.4 Å². The minimum Gasteiger partial charge on any atom is -0.398 e. The van der Waals surface area contributed by atoms with E-state index in [2.05, 4.69) is 16.0 Å². The van der Waals surface area contributed by atoms with Crippen molar-refractivity contribution in [3.63, 3.8) is 0 Å². The monoisotopic (exact) mass is 505 g/mol. The molecule has 0 radical (unpaired) electrons. The molecule has 1 saturated heterocycles. The Labute approximate surface area is 208 Å². The van der Waals surface area contributed by atoms with E-state index in [1.165, 1.54) is 0 Å². The third-order valence-corrected chi connectivity index (χ3v) is 6.68. The molecule has 0 amide bonds. The molecule has 10 atom stereocenters. The van der Waals surface area contributed by atoms with Crippen molar-refractivity contribution in [2.24, 2.45) is 11.5 Å². The second kappa shape index (κ2) is 14.1. The lowest BCUT2D eigenvalue weighted by Crippen LogP contribution is -2.68. The molecule has 0 aromatic carbocycles. The predicted octanol–water partition coefficient (Wildman–Crippen LogP) is -2.57. The molecule has 1 aliphatic carbocycles. The number of rotatable bonds is 13. The van der Waals surface area contributed by atoms with E-state index in [-0.39, 0.29) is 18.3 Å². The maximum Gasteiger partial charge on any atom is 0.196 e. The van der Waals surface area contributed by atoms with Crippen LogP contribution in [-0.4, -0.2) is 114 Å². The maximum absolute atomic E-state index is 11.2. The third kappa shape index (κ3) is 8.04. The average Bonchev–Trinajstić information content (AvgIpc) is 2.80. The maximum atomic E-state index is 11.2. The summed E-state index contributed by atoms with van der Waals surface area (Å²) in [6, 6.07) is -1.66. The first kappa shape index (κ1) is 30.3. The van der Waals surface area contributed by atoms with Crippen LogP contribution >= 0.6 is 0 Å². The van der Waals surface area contributed by atoms with Crippen molar-refractivity contribution in [1.82, 2.24) is 16.0 Å². The molecule has 6 unspecified atom stereocenters. The molecule has 1 aliphatic heterocycles. The largest absolute Gasteiger partial charge is 0.398 e. The van der Waals surface area contributed by atoms with Gasteiger partial charge in [-0.2, -0.15) is 0 Å². The molecule has 11 N–H and O–H groups in total. The van der Waals surface area contributed by atoms with Crippen molar-refractivity contribution in [1.29, 1.82) is 0 Å². The molecule has 2 aliphatic rings. The molecule has 0 bridgehead atoms. The highest BCUT2D eigenvalue weighted by Crippen LogP contribution is 2.31. The van der Waals surface area contributed by atoms with E-state index in [0.717, 1.165) is 19.5 Å². The molecule has 206 valence electrons. The predicted molar refractivity (Wildman–Crippen MR) is 131 cm³/mol. The van der Waals surface area contributed by atoms with E-state index in [1.54, 1.807) is 20.0 Å². The van der Waals surface area contributed by atoms with Gasteiger partial charge in [0.1, 0.15) is 30.0 Å². The molecular formula is C23H47N5O7. The molecule has 35 heavy (non-hydrogen) atoms. The van der Waals surface area contributed by atoms with E-state index in [9.17, 15) is 20.4 Å². The van der Waals surface area contributed by atoms with Crippen LogP contribution in [0.15, 0.2) is 11.8 Å². The van der Waals surface area contributed by atoms with E-state index in [0.29, 0.717) is 19.4 Å². The summed E-state index contributed by atoms with van der Waals surface area (Å²) in [5.41, 5.74) is 11.2. The summed E-state index contributed by atoms with van der Waals surface area (Å²) in [6.07, 6.45) is -3.20. The van der Waals surface area contributed by atoms with Gasteiger partial charge in [0.25, 0.3) is 0 Å². The van der Waals surface area contributed by atoms with Crippen molar-refractivity contribution < 1.29 is 34.6 Å². The molecule has 2 rings (SSSR count). The summed E-state index contributed by atoms with van der Waals surface area (Å²) in [4.78, 5) is 0. The number of likely N-dealkylation sites (N-methyl/N-ethyl adjacent to an activating group) is 2. The molecule has 0 spiro atoms. The zero-order chi connectivity index (χ0) is 26.2. The molecule has 1 saturated carbocycles. The highest BCUT2D eigenvalue weighted by atomic mass is 16.7. The Morgan fingerprint density at radius 3 is 2.57 bits per heavy atom. The summed E-state index contributed by atoms with van der Waals surface area (Å²) in [7, 11) is 1.63. The number of allylic oxidation sites excluding steroid dienone is 1. The Morgan fingerprint density at radius 2 is 1.94 bits per heavy atom. The van der Waals surface area contributed by atoms with Crippen molar-refractivity contribution in [2.75, 3.05) is 33.3 Å². The van der Waals surface area contributed by atoms with Crippen molar-refractivity contribution in [3.8, 4) is 0 Å². The zero-order valence-electron chi connectivity index (χ0n) is 21.4. The van der Waals surface area contributed by atoms with E-state index in [4.69, 9.17) is 25.7 Å². The molecular weight excluding hydrogens is 458 g/mol. The van der Waals surface area contributed by atoms with Crippen LogP contribution in [0.4, 0.5) is 0 Å². The highest BCUT2D eigenvalue weighted by Gasteiger charge is 2.50. The topological polar surface area (TPSA) is 197 Å². The van der Waals surface area contributed by atoms with Gasteiger partial charge in [-0.1, -0.05) is 19.9 Å². The van der Waals surface area contributed by atoms with Gasteiger partial charge in [-0.05, 0) is 52.9 Å². The SMILES string of the molecule is CCNCCC/C=C(/N)[C@@H](O)OC1C(N)CC(NCC)C(O[C@H]2OC[C@](C)(O)C(NC)C2O)[C@H]1O. The summed E-state index contributed by atoms with van der Waals surface area (Å²) < 4.78 is 17.4. The quantitative estimate of drug-likeness (QED) is 0.0939. The minimum atomic E-state index is -1.43. The Bertz CT molecular complexity index is 656. The molecule has 0 aromatic rings.